The number of hydrogen-bond donors (Lipinski definition) is 0. The maximum atomic E-state index is 11.6. The molecule has 6 atom stereocenters. The molecular formula is C32H47N5O. The van der Waals surface area contributed by atoms with E-state index in [0.717, 1.165) is 68.2 Å². The van der Waals surface area contributed by atoms with E-state index in [1.54, 1.807) is 6.92 Å². The highest BCUT2D eigenvalue weighted by molar-refractivity contribution is 5.77. The fourth-order valence-electron chi connectivity index (χ4n) is 9.37. The Kier molecular flexibility index (Phi) is 7.08. The molecule has 1 aromatic heterocycles. The molecular weight excluding hydrogens is 470 g/mol. The number of nitrogens with zero attached hydrogens (tertiary/aromatic N) is 5. The lowest BCUT2D eigenvalue weighted by Gasteiger charge is -2.55. The Morgan fingerprint density at radius 1 is 0.789 bits per heavy atom. The minimum Gasteiger partial charge on any atom is -0.324 e. The summed E-state index contributed by atoms with van der Waals surface area (Å²) in [4.78, 5) is 24.8. The van der Waals surface area contributed by atoms with Crippen molar-refractivity contribution in [3.05, 3.63) is 30.1 Å². The van der Waals surface area contributed by atoms with Gasteiger partial charge in [0, 0.05) is 50.3 Å². The molecule has 0 radical (unpaired) electrons. The summed E-state index contributed by atoms with van der Waals surface area (Å²) < 4.78 is 2.68. The number of imidazole rings is 1. The summed E-state index contributed by atoms with van der Waals surface area (Å²) in [7, 11) is 0. The van der Waals surface area contributed by atoms with Crippen molar-refractivity contribution in [2.75, 3.05) is 32.7 Å². The van der Waals surface area contributed by atoms with Gasteiger partial charge in [-0.15, -0.1) is 0 Å². The molecule has 2 unspecified atom stereocenters. The van der Waals surface area contributed by atoms with E-state index < -0.39 is 0 Å². The lowest BCUT2D eigenvalue weighted by molar-refractivity contribution is -0.118. The Balaban J connectivity index is 1.11. The third kappa shape index (κ3) is 4.97. The van der Waals surface area contributed by atoms with Crippen LogP contribution in [0.25, 0.3) is 11.0 Å². The molecule has 2 aromatic rings. The van der Waals surface area contributed by atoms with Gasteiger partial charge in [0.15, 0.2) is 0 Å². The number of Topliss-reactive ketones (excluding diaryl/α,β-unsaturated/α-hetero) is 1. The van der Waals surface area contributed by atoms with Crippen LogP contribution in [-0.2, 0) is 11.3 Å². The maximum Gasteiger partial charge on any atom is 0.143 e. The van der Waals surface area contributed by atoms with Crippen molar-refractivity contribution >= 4 is 16.8 Å². The number of carbonyl (C=O) groups excluding carboxylic acids is 1. The normalized spacial score (nSPS) is 35.0. The van der Waals surface area contributed by atoms with Crippen molar-refractivity contribution in [2.24, 2.45) is 11.8 Å². The van der Waals surface area contributed by atoms with Crippen LogP contribution in [-0.4, -0.2) is 80.9 Å². The molecule has 1 aromatic carbocycles. The quantitative estimate of drug-likeness (QED) is 0.522. The number of hydrogen-bond acceptors (Lipinski definition) is 5. The molecule has 7 rings (SSSR count). The van der Waals surface area contributed by atoms with E-state index in [0.29, 0.717) is 12.6 Å². The first-order valence-electron chi connectivity index (χ1n) is 15.8. The second-order valence-corrected chi connectivity index (χ2v) is 13.5. The predicted molar refractivity (Wildman–Crippen MR) is 152 cm³/mol. The van der Waals surface area contributed by atoms with E-state index in [9.17, 15) is 4.79 Å². The molecule has 4 bridgehead atoms. The minimum atomic E-state index is 0.272. The van der Waals surface area contributed by atoms with Crippen molar-refractivity contribution in [1.29, 1.82) is 0 Å². The lowest BCUT2D eigenvalue weighted by atomic mass is 9.68. The molecule has 3 saturated heterocycles. The Bertz CT molecular complexity index is 1110. The van der Waals surface area contributed by atoms with Crippen LogP contribution in [0.3, 0.4) is 0 Å². The second-order valence-electron chi connectivity index (χ2n) is 13.5. The monoisotopic (exact) mass is 517 g/mol. The van der Waals surface area contributed by atoms with Crippen LogP contribution >= 0.6 is 0 Å². The molecule has 5 aliphatic rings. The molecule has 6 nitrogen and oxygen atoms in total. The van der Waals surface area contributed by atoms with E-state index in [4.69, 9.17) is 4.98 Å². The van der Waals surface area contributed by atoms with Gasteiger partial charge >= 0.3 is 0 Å². The van der Waals surface area contributed by atoms with Gasteiger partial charge < -0.3 is 4.57 Å². The topological polar surface area (TPSA) is 44.6 Å². The summed E-state index contributed by atoms with van der Waals surface area (Å²) in [5, 5.41) is 0. The zero-order valence-electron chi connectivity index (χ0n) is 23.4. The number of carbonyl (C=O) groups is 1. The molecule has 0 N–H and O–H groups in total. The molecule has 2 saturated carbocycles. The van der Waals surface area contributed by atoms with Gasteiger partial charge in [0.2, 0.25) is 0 Å². The van der Waals surface area contributed by atoms with E-state index in [2.05, 4.69) is 43.5 Å². The summed E-state index contributed by atoms with van der Waals surface area (Å²) in [6.07, 6.45) is 15.7. The zero-order valence-corrected chi connectivity index (χ0v) is 23.4. The third-order valence-corrected chi connectivity index (χ3v) is 10.8. The van der Waals surface area contributed by atoms with E-state index in [1.807, 2.05) is 0 Å². The molecule has 5 fully saturated rings. The Labute approximate surface area is 228 Å². The highest BCUT2D eigenvalue weighted by atomic mass is 16.1. The minimum absolute atomic E-state index is 0.272. The summed E-state index contributed by atoms with van der Waals surface area (Å²) in [6.45, 7) is 7.21. The number of aromatic nitrogens is 2. The van der Waals surface area contributed by atoms with Crippen molar-refractivity contribution in [2.45, 2.75) is 108 Å². The van der Waals surface area contributed by atoms with Gasteiger partial charge in [0.25, 0.3) is 0 Å². The number of ketones is 1. The van der Waals surface area contributed by atoms with Gasteiger partial charge in [-0.25, -0.2) is 4.98 Å². The molecule has 6 heteroatoms. The zero-order chi connectivity index (χ0) is 25.6. The summed E-state index contributed by atoms with van der Waals surface area (Å²) in [5.41, 5.74) is 2.49. The van der Waals surface area contributed by atoms with Gasteiger partial charge in [-0.1, -0.05) is 37.8 Å². The summed E-state index contributed by atoms with van der Waals surface area (Å²) in [5.74, 6) is 3.54. The van der Waals surface area contributed by atoms with Crippen LogP contribution in [0.5, 0.6) is 0 Å². The first kappa shape index (κ1) is 25.2. The Morgan fingerprint density at radius 3 is 2.16 bits per heavy atom. The van der Waals surface area contributed by atoms with Crippen molar-refractivity contribution < 1.29 is 4.79 Å². The molecule has 4 heterocycles. The van der Waals surface area contributed by atoms with Gasteiger partial charge in [-0.2, -0.15) is 0 Å². The molecule has 206 valence electrons. The van der Waals surface area contributed by atoms with Crippen molar-refractivity contribution in [3.63, 3.8) is 0 Å². The number of rotatable bonds is 6. The molecule has 38 heavy (non-hydrogen) atoms. The molecule has 0 amide bonds. The standard InChI is InChI=1S/C32H47N5O/c1-23(38)21-34-12-14-35(15-13-34)22-32-33-30-10-2-3-11-31(30)37(32)29-19-26-8-5-9-27(20-29)36(26)28-17-24-6-4-7-25(16-24)18-28/h2-3,10-11,24-29H,4-9,12-22H2,1H3/t24-,25+,26-,27+,28?,29?. The number of piperidine rings is 2. The lowest BCUT2D eigenvalue weighted by Crippen LogP contribution is -2.58. The summed E-state index contributed by atoms with van der Waals surface area (Å²) in [6, 6.07) is 11.8. The van der Waals surface area contributed by atoms with Gasteiger partial charge in [0.1, 0.15) is 11.6 Å². The van der Waals surface area contributed by atoms with E-state index in [-0.39, 0.29) is 5.78 Å². The second kappa shape index (κ2) is 10.7. The van der Waals surface area contributed by atoms with Crippen LogP contribution in [0.2, 0.25) is 0 Å². The third-order valence-electron chi connectivity index (χ3n) is 10.8. The van der Waals surface area contributed by atoms with Crippen LogP contribution < -0.4 is 0 Å². The number of para-hydroxylation sites is 2. The number of benzene rings is 1. The fraction of sp³-hybridized carbons (Fsp3) is 0.750. The molecule has 2 aliphatic carbocycles. The Morgan fingerprint density at radius 2 is 1.45 bits per heavy atom. The largest absolute Gasteiger partial charge is 0.324 e. The highest BCUT2D eigenvalue weighted by Gasteiger charge is 2.45. The average Bonchev–Trinajstić information content (AvgIpc) is 3.26. The van der Waals surface area contributed by atoms with Gasteiger partial charge in [-0.05, 0) is 75.8 Å². The molecule has 3 aliphatic heterocycles. The van der Waals surface area contributed by atoms with Crippen LogP contribution in [0.4, 0.5) is 0 Å². The predicted octanol–water partition coefficient (Wildman–Crippen LogP) is 5.27. The Hall–Kier alpha value is -1.76. The maximum absolute atomic E-state index is 11.6. The number of piperazine rings is 1. The van der Waals surface area contributed by atoms with Gasteiger partial charge in [-0.3, -0.25) is 19.5 Å². The fourth-order valence-corrected chi connectivity index (χ4v) is 9.37. The first-order valence-corrected chi connectivity index (χ1v) is 15.8. The van der Waals surface area contributed by atoms with E-state index >= 15 is 0 Å². The van der Waals surface area contributed by atoms with Crippen LogP contribution in [0.15, 0.2) is 24.3 Å². The van der Waals surface area contributed by atoms with Crippen LogP contribution in [0.1, 0.15) is 89.4 Å². The molecule has 0 spiro atoms. The number of fused-ring (bicyclic) bond motifs is 5. The van der Waals surface area contributed by atoms with Crippen molar-refractivity contribution in [3.8, 4) is 0 Å². The summed E-state index contributed by atoms with van der Waals surface area (Å²) >= 11 is 0. The first-order chi connectivity index (χ1) is 18.6. The highest BCUT2D eigenvalue weighted by Crippen LogP contribution is 2.48. The van der Waals surface area contributed by atoms with E-state index in [1.165, 1.54) is 82.0 Å². The average molecular weight is 518 g/mol. The van der Waals surface area contributed by atoms with Crippen LogP contribution in [0, 0.1) is 11.8 Å². The smallest absolute Gasteiger partial charge is 0.143 e. The van der Waals surface area contributed by atoms with Crippen molar-refractivity contribution in [1.82, 2.24) is 24.3 Å². The SMILES string of the molecule is CC(=O)CN1CCN(Cc2nc3ccccc3n2C2C[C@H]3CCC[C@@H](C2)N3C2C[C@H]3CCC[C@@H](C2)C3)CC1. The van der Waals surface area contributed by atoms with Gasteiger partial charge in [0.05, 0.1) is 24.1 Å².